The number of aromatic nitrogens is 1. The summed E-state index contributed by atoms with van der Waals surface area (Å²) in [6, 6.07) is 15.0. The molecule has 124 valence electrons. The molecule has 0 saturated carbocycles. The Hall–Kier alpha value is -2.79. The highest BCUT2D eigenvalue weighted by Crippen LogP contribution is 2.24. The number of para-hydroxylation sites is 1. The van der Waals surface area contributed by atoms with E-state index < -0.39 is 12.0 Å². The molecule has 0 spiro atoms. The minimum Gasteiger partial charge on any atom is -0.497 e. The van der Waals surface area contributed by atoms with Crippen LogP contribution in [0.15, 0.2) is 54.7 Å². The highest BCUT2D eigenvalue weighted by atomic mass is 16.5. The summed E-state index contributed by atoms with van der Waals surface area (Å²) in [5.41, 5.74) is 8.84. The molecule has 2 aromatic carbocycles. The van der Waals surface area contributed by atoms with E-state index in [4.69, 9.17) is 15.6 Å². The molecular formula is C19H20N2O3. The molecule has 1 aromatic heterocycles. The van der Waals surface area contributed by atoms with Crippen LogP contribution in [0.3, 0.4) is 0 Å². The fraction of sp³-hybridized carbons (Fsp3) is 0.211. The van der Waals surface area contributed by atoms with E-state index in [0.29, 0.717) is 13.0 Å². The Balaban J connectivity index is 1.97. The molecule has 5 nitrogen and oxygen atoms in total. The van der Waals surface area contributed by atoms with Gasteiger partial charge in [-0.25, -0.2) is 0 Å². The van der Waals surface area contributed by atoms with Crippen LogP contribution in [-0.2, 0) is 17.8 Å². The summed E-state index contributed by atoms with van der Waals surface area (Å²) >= 11 is 0. The Bertz CT molecular complexity index is 870. The molecule has 3 aromatic rings. The summed E-state index contributed by atoms with van der Waals surface area (Å²) in [6.07, 6.45) is 2.30. The van der Waals surface area contributed by atoms with Crippen LogP contribution in [0.1, 0.15) is 11.1 Å². The SMILES string of the molecule is COc1cccc(Cn2cc(C[C@H](N)C(=O)O)c3ccccc32)c1. The Morgan fingerprint density at radius 1 is 1.25 bits per heavy atom. The van der Waals surface area contributed by atoms with Gasteiger partial charge in [-0.2, -0.15) is 0 Å². The number of ether oxygens (including phenoxy) is 1. The molecule has 0 unspecified atom stereocenters. The lowest BCUT2D eigenvalue weighted by atomic mass is 10.1. The normalized spacial score (nSPS) is 12.2. The van der Waals surface area contributed by atoms with Crippen molar-refractivity contribution in [1.29, 1.82) is 0 Å². The first-order chi connectivity index (χ1) is 11.6. The van der Waals surface area contributed by atoms with Gasteiger partial charge in [-0.05, 0) is 29.3 Å². The predicted molar refractivity (Wildman–Crippen MR) is 93.3 cm³/mol. The number of nitrogens with zero attached hydrogens (tertiary/aromatic N) is 1. The zero-order valence-corrected chi connectivity index (χ0v) is 13.5. The Morgan fingerprint density at radius 3 is 2.79 bits per heavy atom. The van der Waals surface area contributed by atoms with Gasteiger partial charge in [0.25, 0.3) is 0 Å². The van der Waals surface area contributed by atoms with Crippen molar-refractivity contribution in [3.05, 3.63) is 65.9 Å². The second-order valence-electron chi connectivity index (χ2n) is 5.80. The molecule has 24 heavy (non-hydrogen) atoms. The van der Waals surface area contributed by atoms with Crippen molar-refractivity contribution in [3.63, 3.8) is 0 Å². The van der Waals surface area contributed by atoms with E-state index in [9.17, 15) is 4.79 Å². The summed E-state index contributed by atoms with van der Waals surface area (Å²) in [5, 5.41) is 10.1. The van der Waals surface area contributed by atoms with Crippen molar-refractivity contribution in [2.75, 3.05) is 7.11 Å². The van der Waals surface area contributed by atoms with E-state index >= 15 is 0 Å². The first kappa shape index (κ1) is 16.1. The Labute approximate surface area is 140 Å². The molecule has 0 aliphatic carbocycles. The van der Waals surface area contributed by atoms with Gasteiger partial charge < -0.3 is 20.1 Å². The van der Waals surface area contributed by atoms with Crippen LogP contribution in [0.4, 0.5) is 0 Å². The quantitative estimate of drug-likeness (QED) is 0.731. The maximum absolute atomic E-state index is 11.1. The van der Waals surface area contributed by atoms with E-state index in [1.807, 2.05) is 54.7 Å². The monoisotopic (exact) mass is 324 g/mol. The van der Waals surface area contributed by atoms with Crippen LogP contribution in [-0.4, -0.2) is 28.8 Å². The van der Waals surface area contributed by atoms with E-state index in [1.165, 1.54) is 0 Å². The second-order valence-corrected chi connectivity index (χ2v) is 5.80. The highest BCUT2D eigenvalue weighted by molar-refractivity contribution is 5.85. The summed E-state index contributed by atoms with van der Waals surface area (Å²) in [4.78, 5) is 11.1. The predicted octanol–water partition coefficient (Wildman–Crippen LogP) is 2.65. The number of rotatable bonds is 6. The average Bonchev–Trinajstić information content (AvgIpc) is 2.93. The molecule has 1 atom stereocenters. The molecule has 1 heterocycles. The lowest BCUT2D eigenvalue weighted by Crippen LogP contribution is -2.32. The molecule has 0 radical (unpaired) electrons. The molecule has 3 rings (SSSR count). The molecule has 0 amide bonds. The van der Waals surface area contributed by atoms with Crippen LogP contribution < -0.4 is 10.5 Å². The molecule has 0 aliphatic rings. The summed E-state index contributed by atoms with van der Waals surface area (Å²) in [7, 11) is 1.65. The highest BCUT2D eigenvalue weighted by Gasteiger charge is 2.16. The third-order valence-electron chi connectivity index (χ3n) is 4.12. The van der Waals surface area contributed by atoms with E-state index in [-0.39, 0.29) is 0 Å². The van der Waals surface area contributed by atoms with Gasteiger partial charge in [-0.1, -0.05) is 30.3 Å². The number of carbonyl (C=O) groups is 1. The molecule has 0 aliphatic heterocycles. The number of hydrogen-bond donors (Lipinski definition) is 2. The largest absolute Gasteiger partial charge is 0.497 e. The maximum atomic E-state index is 11.1. The molecule has 0 bridgehead atoms. The first-order valence-electron chi connectivity index (χ1n) is 7.76. The smallest absolute Gasteiger partial charge is 0.320 e. The van der Waals surface area contributed by atoms with Crippen molar-refractivity contribution in [2.24, 2.45) is 5.73 Å². The second kappa shape index (κ2) is 6.76. The molecule has 0 fully saturated rings. The van der Waals surface area contributed by atoms with Crippen molar-refractivity contribution in [2.45, 2.75) is 19.0 Å². The van der Waals surface area contributed by atoms with Gasteiger partial charge in [-0.3, -0.25) is 4.79 Å². The van der Waals surface area contributed by atoms with Gasteiger partial charge >= 0.3 is 5.97 Å². The minimum atomic E-state index is -0.986. The summed E-state index contributed by atoms with van der Waals surface area (Å²) in [6.45, 7) is 0.681. The van der Waals surface area contributed by atoms with Gasteiger partial charge in [0.05, 0.1) is 7.11 Å². The first-order valence-corrected chi connectivity index (χ1v) is 7.76. The number of carboxylic acids is 1. The van der Waals surface area contributed by atoms with Crippen molar-refractivity contribution in [1.82, 2.24) is 4.57 Å². The number of aliphatic carboxylic acids is 1. The van der Waals surface area contributed by atoms with Gasteiger partial charge in [-0.15, -0.1) is 0 Å². The topological polar surface area (TPSA) is 77.5 Å². The van der Waals surface area contributed by atoms with E-state index in [2.05, 4.69) is 4.57 Å². The number of carboxylic acid groups (broad SMARTS) is 1. The number of methoxy groups -OCH3 is 1. The Kier molecular flexibility index (Phi) is 4.53. The number of benzene rings is 2. The fourth-order valence-corrected chi connectivity index (χ4v) is 2.91. The lowest BCUT2D eigenvalue weighted by Gasteiger charge is -2.07. The van der Waals surface area contributed by atoms with Gasteiger partial charge in [0.15, 0.2) is 0 Å². The lowest BCUT2D eigenvalue weighted by molar-refractivity contribution is -0.138. The maximum Gasteiger partial charge on any atom is 0.320 e. The van der Waals surface area contributed by atoms with Crippen LogP contribution in [0, 0.1) is 0 Å². The van der Waals surface area contributed by atoms with Gasteiger partial charge in [0.2, 0.25) is 0 Å². The zero-order valence-electron chi connectivity index (χ0n) is 13.5. The zero-order chi connectivity index (χ0) is 17.1. The summed E-state index contributed by atoms with van der Waals surface area (Å²) < 4.78 is 7.39. The number of fused-ring (bicyclic) bond motifs is 1. The molecular weight excluding hydrogens is 304 g/mol. The number of nitrogens with two attached hydrogens (primary N) is 1. The van der Waals surface area contributed by atoms with Crippen LogP contribution in [0.5, 0.6) is 5.75 Å². The van der Waals surface area contributed by atoms with E-state index in [1.54, 1.807) is 7.11 Å². The van der Waals surface area contributed by atoms with Crippen molar-refractivity contribution < 1.29 is 14.6 Å². The van der Waals surface area contributed by atoms with Crippen LogP contribution in [0.25, 0.3) is 10.9 Å². The average molecular weight is 324 g/mol. The van der Waals surface area contributed by atoms with Gasteiger partial charge in [0.1, 0.15) is 11.8 Å². The standard InChI is InChI=1S/C19H20N2O3/c1-24-15-6-4-5-13(9-15)11-21-12-14(10-17(20)19(22)23)16-7-2-3-8-18(16)21/h2-9,12,17H,10-11,20H2,1H3,(H,22,23)/t17-/m0/s1. The van der Waals surface area contributed by atoms with E-state index in [0.717, 1.165) is 27.8 Å². The van der Waals surface area contributed by atoms with Crippen LogP contribution >= 0.6 is 0 Å². The summed E-state index contributed by atoms with van der Waals surface area (Å²) in [5.74, 6) is -0.170. The third kappa shape index (κ3) is 3.26. The number of hydrogen-bond acceptors (Lipinski definition) is 3. The Morgan fingerprint density at radius 2 is 2.04 bits per heavy atom. The molecule has 0 saturated heterocycles. The molecule has 5 heteroatoms. The van der Waals surface area contributed by atoms with Crippen molar-refractivity contribution >= 4 is 16.9 Å². The minimum absolute atomic E-state index is 0.307. The molecule has 3 N–H and O–H groups in total. The van der Waals surface area contributed by atoms with Crippen LogP contribution in [0.2, 0.25) is 0 Å². The fourth-order valence-electron chi connectivity index (χ4n) is 2.91. The third-order valence-corrected chi connectivity index (χ3v) is 4.12. The van der Waals surface area contributed by atoms with Crippen molar-refractivity contribution in [3.8, 4) is 5.75 Å². The van der Waals surface area contributed by atoms with Gasteiger partial charge in [0, 0.05) is 30.1 Å².